The van der Waals surface area contributed by atoms with E-state index >= 15 is 0 Å². The Balaban J connectivity index is 1.70. The molecule has 0 unspecified atom stereocenters. The molecule has 5 nitrogen and oxygen atoms in total. The summed E-state index contributed by atoms with van der Waals surface area (Å²) in [6.07, 6.45) is 1.64. The Bertz CT molecular complexity index is 923. The van der Waals surface area contributed by atoms with Gasteiger partial charge in [-0.05, 0) is 64.6 Å². The number of ether oxygens (including phenoxy) is 3. The van der Waals surface area contributed by atoms with E-state index in [2.05, 4.69) is 27.6 Å². The van der Waals surface area contributed by atoms with Crippen molar-refractivity contribution in [2.75, 3.05) is 6.79 Å². The van der Waals surface area contributed by atoms with E-state index in [1.807, 2.05) is 18.2 Å². The fourth-order valence-electron chi connectivity index (χ4n) is 2.35. The van der Waals surface area contributed by atoms with Crippen molar-refractivity contribution in [3.05, 3.63) is 61.8 Å². The second-order valence-corrected chi connectivity index (χ2v) is 6.73. The van der Waals surface area contributed by atoms with Crippen LogP contribution in [0.4, 0.5) is 0 Å². The van der Waals surface area contributed by atoms with E-state index in [9.17, 15) is 4.79 Å². The maximum Gasteiger partial charge on any atom is 0.363 e. The fourth-order valence-corrected chi connectivity index (χ4v) is 3.04. The molecule has 2 aliphatic rings. The zero-order valence-corrected chi connectivity index (χ0v) is 15.0. The van der Waals surface area contributed by atoms with Crippen molar-refractivity contribution < 1.29 is 19.0 Å². The summed E-state index contributed by atoms with van der Waals surface area (Å²) in [7, 11) is 0. The molecule has 24 heavy (non-hydrogen) atoms. The number of hydrogen-bond donors (Lipinski definition) is 0. The molecule has 0 fully saturated rings. The van der Waals surface area contributed by atoms with Crippen LogP contribution < -0.4 is 9.47 Å². The lowest BCUT2D eigenvalue weighted by molar-refractivity contribution is -0.129. The van der Waals surface area contributed by atoms with Crippen LogP contribution in [0.15, 0.2) is 47.1 Å². The van der Waals surface area contributed by atoms with E-state index in [4.69, 9.17) is 25.8 Å². The smallest absolute Gasteiger partial charge is 0.363 e. The van der Waals surface area contributed by atoms with Crippen LogP contribution in [0.5, 0.6) is 11.5 Å². The van der Waals surface area contributed by atoms with Crippen LogP contribution in [0.25, 0.3) is 6.08 Å². The van der Waals surface area contributed by atoms with Gasteiger partial charge in [0.2, 0.25) is 12.7 Å². The van der Waals surface area contributed by atoms with E-state index in [1.165, 1.54) is 0 Å². The number of rotatable bonds is 2. The highest BCUT2D eigenvalue weighted by atomic mass is 127. The van der Waals surface area contributed by atoms with E-state index < -0.39 is 5.97 Å². The van der Waals surface area contributed by atoms with Gasteiger partial charge in [-0.25, -0.2) is 9.79 Å². The van der Waals surface area contributed by atoms with E-state index in [0.717, 1.165) is 9.13 Å². The van der Waals surface area contributed by atoms with Crippen LogP contribution in [-0.4, -0.2) is 18.7 Å². The summed E-state index contributed by atoms with van der Waals surface area (Å²) in [6.45, 7) is 0.199. The molecule has 2 aromatic rings. The number of aliphatic imine (C=N–C) groups is 1. The number of esters is 1. The van der Waals surface area contributed by atoms with Gasteiger partial charge in [0.1, 0.15) is 0 Å². The minimum absolute atomic E-state index is 0.199. The van der Waals surface area contributed by atoms with E-state index in [1.54, 1.807) is 24.3 Å². The quantitative estimate of drug-likeness (QED) is 0.392. The molecule has 0 saturated heterocycles. The van der Waals surface area contributed by atoms with Gasteiger partial charge in [-0.1, -0.05) is 17.7 Å². The Morgan fingerprint density at radius 1 is 1.12 bits per heavy atom. The van der Waals surface area contributed by atoms with Crippen molar-refractivity contribution >= 4 is 52.1 Å². The lowest BCUT2D eigenvalue weighted by Crippen LogP contribution is -2.06. The minimum atomic E-state index is -0.516. The fraction of sp³-hybridized carbons (Fsp3) is 0.0588. The zero-order valence-electron chi connectivity index (χ0n) is 12.1. The Morgan fingerprint density at radius 3 is 2.83 bits per heavy atom. The van der Waals surface area contributed by atoms with Crippen molar-refractivity contribution in [3.63, 3.8) is 0 Å². The predicted molar refractivity (Wildman–Crippen MR) is 97.3 cm³/mol. The Labute approximate surface area is 156 Å². The van der Waals surface area contributed by atoms with Crippen molar-refractivity contribution in [2.24, 2.45) is 4.99 Å². The third kappa shape index (κ3) is 2.87. The standard InChI is InChI=1S/C17H9ClINO4/c18-12-3-2-10(19)7-11(12)16-20-13(17(21)24-16)5-9-1-4-14-15(6-9)23-8-22-14/h1-7H,8H2/b13-5+. The van der Waals surface area contributed by atoms with Crippen LogP contribution in [-0.2, 0) is 9.53 Å². The molecule has 0 aromatic heterocycles. The van der Waals surface area contributed by atoms with Crippen LogP contribution in [0.3, 0.4) is 0 Å². The van der Waals surface area contributed by atoms with Gasteiger partial charge >= 0.3 is 5.97 Å². The summed E-state index contributed by atoms with van der Waals surface area (Å²) in [6, 6.07) is 10.8. The molecule has 0 aliphatic carbocycles. The molecular formula is C17H9ClINO4. The van der Waals surface area contributed by atoms with Gasteiger partial charge in [-0.3, -0.25) is 0 Å². The lowest BCUT2D eigenvalue weighted by Gasteiger charge is -2.02. The third-order valence-corrected chi connectivity index (χ3v) is 4.48. The van der Waals surface area contributed by atoms with Crippen molar-refractivity contribution in [2.45, 2.75) is 0 Å². The first-order valence-electron chi connectivity index (χ1n) is 6.98. The molecule has 2 aliphatic heterocycles. The van der Waals surface area contributed by atoms with Gasteiger partial charge in [-0.15, -0.1) is 0 Å². The first-order valence-corrected chi connectivity index (χ1v) is 8.43. The molecule has 7 heteroatoms. The van der Waals surface area contributed by atoms with Crippen LogP contribution >= 0.6 is 34.2 Å². The Hall–Kier alpha value is -2.06. The summed E-state index contributed by atoms with van der Waals surface area (Å²) in [5.41, 5.74) is 1.56. The summed E-state index contributed by atoms with van der Waals surface area (Å²) >= 11 is 8.33. The average molecular weight is 454 g/mol. The second-order valence-electron chi connectivity index (χ2n) is 5.07. The molecule has 2 heterocycles. The lowest BCUT2D eigenvalue weighted by atomic mass is 10.1. The van der Waals surface area contributed by atoms with Crippen LogP contribution in [0.2, 0.25) is 5.02 Å². The van der Waals surface area contributed by atoms with Gasteiger partial charge in [0.15, 0.2) is 17.2 Å². The molecule has 0 spiro atoms. The number of carbonyl (C=O) groups excluding carboxylic acids is 1. The second kappa shape index (κ2) is 6.10. The molecule has 0 amide bonds. The molecule has 0 atom stereocenters. The van der Waals surface area contributed by atoms with E-state index in [0.29, 0.717) is 22.1 Å². The van der Waals surface area contributed by atoms with Crippen LogP contribution in [0, 0.1) is 3.57 Å². The highest BCUT2D eigenvalue weighted by molar-refractivity contribution is 14.1. The third-order valence-electron chi connectivity index (χ3n) is 3.48. The van der Waals surface area contributed by atoms with Gasteiger partial charge < -0.3 is 14.2 Å². The summed E-state index contributed by atoms with van der Waals surface area (Å²) in [5.74, 6) is 1.01. The minimum Gasteiger partial charge on any atom is -0.454 e. The van der Waals surface area contributed by atoms with Gasteiger partial charge in [-0.2, -0.15) is 0 Å². The number of nitrogens with zero attached hydrogens (tertiary/aromatic N) is 1. The summed E-state index contributed by atoms with van der Waals surface area (Å²) in [5, 5.41) is 0.478. The Kier molecular flexibility index (Phi) is 3.93. The molecular weight excluding hydrogens is 445 g/mol. The number of hydrogen-bond acceptors (Lipinski definition) is 5. The predicted octanol–water partition coefficient (Wildman–Crippen LogP) is 4.02. The number of fused-ring (bicyclic) bond motifs is 1. The van der Waals surface area contributed by atoms with Crippen molar-refractivity contribution in [1.29, 1.82) is 0 Å². The highest BCUT2D eigenvalue weighted by Crippen LogP contribution is 2.33. The molecule has 2 aromatic carbocycles. The first-order chi connectivity index (χ1) is 11.6. The molecule has 0 N–H and O–H groups in total. The molecule has 0 saturated carbocycles. The maximum absolute atomic E-state index is 12.1. The normalized spacial score (nSPS) is 17.2. The number of benzene rings is 2. The summed E-state index contributed by atoms with van der Waals surface area (Å²) < 4.78 is 16.8. The number of carbonyl (C=O) groups is 1. The first kappa shape index (κ1) is 15.5. The molecule has 0 bridgehead atoms. The number of halogens is 2. The number of cyclic esters (lactones) is 1. The van der Waals surface area contributed by atoms with Gasteiger partial charge in [0.05, 0.1) is 10.6 Å². The molecule has 120 valence electrons. The van der Waals surface area contributed by atoms with Crippen LogP contribution in [0.1, 0.15) is 11.1 Å². The van der Waals surface area contributed by atoms with Crippen molar-refractivity contribution in [3.8, 4) is 11.5 Å². The van der Waals surface area contributed by atoms with Gasteiger partial charge in [0.25, 0.3) is 0 Å². The molecule has 0 radical (unpaired) electrons. The van der Waals surface area contributed by atoms with Crippen molar-refractivity contribution in [1.82, 2.24) is 0 Å². The largest absolute Gasteiger partial charge is 0.454 e. The summed E-state index contributed by atoms with van der Waals surface area (Å²) in [4.78, 5) is 16.4. The zero-order chi connectivity index (χ0) is 16.7. The maximum atomic E-state index is 12.1. The Morgan fingerprint density at radius 2 is 1.96 bits per heavy atom. The molecule has 4 rings (SSSR count). The highest BCUT2D eigenvalue weighted by Gasteiger charge is 2.26. The monoisotopic (exact) mass is 453 g/mol. The average Bonchev–Trinajstić information content (AvgIpc) is 3.16. The SMILES string of the molecule is O=C1OC(c2cc(I)ccc2Cl)=N/C1=C/c1ccc2c(c1)OCO2. The van der Waals surface area contributed by atoms with E-state index in [-0.39, 0.29) is 18.4 Å². The van der Waals surface area contributed by atoms with Gasteiger partial charge in [0, 0.05) is 3.57 Å². The topological polar surface area (TPSA) is 57.1 Å².